The van der Waals surface area contributed by atoms with Crippen molar-refractivity contribution in [3.8, 4) is 0 Å². The molecule has 1 heterocycles. The van der Waals surface area contributed by atoms with Gasteiger partial charge in [-0.05, 0) is 37.8 Å². The fourth-order valence-corrected chi connectivity index (χ4v) is 3.39. The molecular formula is C20H26N4O3. The molecule has 2 saturated carbocycles. The number of nitrogens with zero attached hydrogens (tertiary/aromatic N) is 2. The minimum absolute atomic E-state index is 0.136. The third-order valence-electron chi connectivity index (χ3n) is 5.34. The first kappa shape index (κ1) is 18.0. The fourth-order valence-electron chi connectivity index (χ4n) is 3.39. The first-order chi connectivity index (χ1) is 13.1. The van der Waals surface area contributed by atoms with E-state index >= 15 is 0 Å². The molecule has 1 aromatic rings. The highest BCUT2D eigenvalue weighted by atomic mass is 16.2. The number of nitrogens with one attached hydrogen (secondary N) is 2. The molecule has 1 saturated heterocycles. The van der Waals surface area contributed by atoms with E-state index in [2.05, 4.69) is 15.5 Å². The molecule has 1 aliphatic heterocycles. The number of piperazine rings is 1. The van der Waals surface area contributed by atoms with Crippen molar-refractivity contribution in [2.45, 2.75) is 31.7 Å². The van der Waals surface area contributed by atoms with Gasteiger partial charge < -0.3 is 15.5 Å². The Balaban J connectivity index is 1.28. The maximum absolute atomic E-state index is 12.5. The second kappa shape index (κ2) is 7.68. The van der Waals surface area contributed by atoms with Crippen LogP contribution in [0.3, 0.4) is 0 Å². The quantitative estimate of drug-likeness (QED) is 0.785. The number of amides is 3. The van der Waals surface area contributed by atoms with E-state index < -0.39 is 0 Å². The van der Waals surface area contributed by atoms with Gasteiger partial charge in [0.15, 0.2) is 0 Å². The molecule has 144 valence electrons. The van der Waals surface area contributed by atoms with Gasteiger partial charge in [0, 0.05) is 38.1 Å². The highest BCUT2D eigenvalue weighted by Crippen LogP contribution is 2.31. The number of rotatable bonds is 6. The van der Waals surface area contributed by atoms with Crippen LogP contribution in [0.1, 0.15) is 36.0 Å². The van der Waals surface area contributed by atoms with Crippen LogP contribution < -0.4 is 10.6 Å². The molecule has 0 spiro atoms. The van der Waals surface area contributed by atoms with Crippen LogP contribution in [-0.4, -0.2) is 66.3 Å². The van der Waals surface area contributed by atoms with Crippen LogP contribution in [-0.2, 0) is 9.59 Å². The number of carbonyl (C=O) groups is 3. The summed E-state index contributed by atoms with van der Waals surface area (Å²) in [6.07, 6.45) is 4.09. The summed E-state index contributed by atoms with van der Waals surface area (Å²) in [5.41, 5.74) is 1.04. The van der Waals surface area contributed by atoms with Crippen LogP contribution >= 0.6 is 0 Å². The van der Waals surface area contributed by atoms with E-state index in [1.807, 2.05) is 11.0 Å². The van der Waals surface area contributed by atoms with E-state index in [4.69, 9.17) is 0 Å². The lowest BCUT2D eigenvalue weighted by Gasteiger charge is -2.34. The lowest BCUT2D eigenvalue weighted by molar-refractivity contribution is -0.134. The molecule has 1 aromatic carbocycles. The molecule has 0 bridgehead atoms. The normalized spacial score (nSPS) is 20.2. The molecule has 3 fully saturated rings. The highest BCUT2D eigenvalue weighted by Gasteiger charge is 2.34. The Morgan fingerprint density at radius 3 is 2.33 bits per heavy atom. The van der Waals surface area contributed by atoms with Crippen molar-refractivity contribution in [3.05, 3.63) is 29.8 Å². The van der Waals surface area contributed by atoms with E-state index in [1.165, 1.54) is 0 Å². The number of carbonyl (C=O) groups excluding carboxylic acids is 3. The van der Waals surface area contributed by atoms with Crippen LogP contribution in [0.15, 0.2) is 24.3 Å². The predicted octanol–water partition coefficient (Wildman–Crippen LogP) is 1.07. The molecule has 27 heavy (non-hydrogen) atoms. The third-order valence-corrected chi connectivity index (χ3v) is 5.34. The van der Waals surface area contributed by atoms with Gasteiger partial charge in [-0.1, -0.05) is 12.1 Å². The maximum Gasteiger partial charge on any atom is 0.253 e. The summed E-state index contributed by atoms with van der Waals surface area (Å²) < 4.78 is 0. The van der Waals surface area contributed by atoms with Crippen molar-refractivity contribution in [2.75, 3.05) is 38.0 Å². The van der Waals surface area contributed by atoms with Crippen LogP contribution in [0.25, 0.3) is 0 Å². The Hall–Kier alpha value is -2.41. The molecule has 2 N–H and O–H groups in total. The molecule has 0 atom stereocenters. The Bertz CT molecular complexity index is 734. The first-order valence-electron chi connectivity index (χ1n) is 9.81. The van der Waals surface area contributed by atoms with Crippen molar-refractivity contribution in [2.24, 2.45) is 5.92 Å². The Morgan fingerprint density at radius 2 is 1.67 bits per heavy atom. The van der Waals surface area contributed by atoms with Crippen LogP contribution in [0.4, 0.5) is 5.69 Å². The van der Waals surface area contributed by atoms with E-state index in [9.17, 15) is 14.4 Å². The van der Waals surface area contributed by atoms with Gasteiger partial charge in [0.05, 0.1) is 17.8 Å². The van der Waals surface area contributed by atoms with E-state index in [0.717, 1.165) is 25.7 Å². The second-order valence-electron chi connectivity index (χ2n) is 7.72. The van der Waals surface area contributed by atoms with Crippen molar-refractivity contribution >= 4 is 23.4 Å². The van der Waals surface area contributed by atoms with Gasteiger partial charge in [-0.3, -0.25) is 19.3 Å². The van der Waals surface area contributed by atoms with Gasteiger partial charge in [0.2, 0.25) is 11.8 Å². The number of benzene rings is 1. The summed E-state index contributed by atoms with van der Waals surface area (Å²) in [5, 5.41) is 5.83. The van der Waals surface area contributed by atoms with E-state index in [-0.39, 0.29) is 36.2 Å². The number of para-hydroxylation sites is 1. The first-order valence-corrected chi connectivity index (χ1v) is 9.81. The minimum Gasteiger partial charge on any atom is -0.349 e. The highest BCUT2D eigenvalue weighted by molar-refractivity contribution is 6.04. The van der Waals surface area contributed by atoms with Crippen LogP contribution in [0.5, 0.6) is 0 Å². The summed E-state index contributed by atoms with van der Waals surface area (Å²) in [6.45, 7) is 3.04. The zero-order valence-electron chi connectivity index (χ0n) is 15.4. The summed E-state index contributed by atoms with van der Waals surface area (Å²) in [7, 11) is 0. The second-order valence-corrected chi connectivity index (χ2v) is 7.72. The lowest BCUT2D eigenvalue weighted by atomic mass is 10.1. The average Bonchev–Trinajstić information content (AvgIpc) is 3.56. The largest absolute Gasteiger partial charge is 0.349 e. The molecule has 0 radical (unpaired) electrons. The monoisotopic (exact) mass is 370 g/mol. The Morgan fingerprint density at radius 1 is 0.963 bits per heavy atom. The molecule has 0 aromatic heterocycles. The summed E-state index contributed by atoms with van der Waals surface area (Å²) in [4.78, 5) is 40.9. The van der Waals surface area contributed by atoms with Gasteiger partial charge >= 0.3 is 0 Å². The smallest absolute Gasteiger partial charge is 0.253 e. The zero-order chi connectivity index (χ0) is 18.8. The number of hydrogen-bond donors (Lipinski definition) is 2. The SMILES string of the molecule is O=C(CN1CCN(C(=O)C2CC2)CC1)Nc1ccccc1C(=O)NC1CC1. The molecule has 0 unspecified atom stereocenters. The Labute approximate surface area is 159 Å². The summed E-state index contributed by atoms with van der Waals surface area (Å²) >= 11 is 0. The van der Waals surface area contributed by atoms with Crippen molar-refractivity contribution in [1.82, 2.24) is 15.1 Å². The van der Waals surface area contributed by atoms with Gasteiger partial charge in [0.25, 0.3) is 5.91 Å². The fraction of sp³-hybridized carbons (Fsp3) is 0.550. The Kier molecular flexibility index (Phi) is 5.11. The van der Waals surface area contributed by atoms with E-state index in [0.29, 0.717) is 37.4 Å². The molecule has 2 aliphatic carbocycles. The molecule has 3 amide bonds. The summed E-state index contributed by atoms with van der Waals surface area (Å²) in [5.74, 6) is 0.247. The van der Waals surface area contributed by atoms with Gasteiger partial charge in [0.1, 0.15) is 0 Å². The van der Waals surface area contributed by atoms with Crippen molar-refractivity contribution < 1.29 is 14.4 Å². The van der Waals surface area contributed by atoms with Crippen LogP contribution in [0, 0.1) is 5.92 Å². The average molecular weight is 370 g/mol. The molecule has 7 heteroatoms. The standard InChI is InChI=1S/C20H26N4O3/c25-18(13-23-9-11-24(12-10-23)20(27)14-5-6-14)22-17-4-2-1-3-16(17)19(26)21-15-7-8-15/h1-4,14-15H,5-13H2,(H,21,26)(H,22,25). The maximum atomic E-state index is 12.5. The van der Waals surface area contributed by atoms with Crippen LogP contribution in [0.2, 0.25) is 0 Å². The third kappa shape index (κ3) is 4.66. The topological polar surface area (TPSA) is 81.8 Å². The van der Waals surface area contributed by atoms with E-state index in [1.54, 1.807) is 18.2 Å². The number of anilines is 1. The number of hydrogen-bond acceptors (Lipinski definition) is 4. The van der Waals surface area contributed by atoms with Crippen molar-refractivity contribution in [1.29, 1.82) is 0 Å². The van der Waals surface area contributed by atoms with Crippen molar-refractivity contribution in [3.63, 3.8) is 0 Å². The van der Waals surface area contributed by atoms with Gasteiger partial charge in [-0.15, -0.1) is 0 Å². The molecular weight excluding hydrogens is 344 g/mol. The molecule has 3 aliphatic rings. The van der Waals surface area contributed by atoms with Gasteiger partial charge in [-0.2, -0.15) is 0 Å². The molecule has 4 rings (SSSR count). The molecule has 7 nitrogen and oxygen atoms in total. The predicted molar refractivity (Wildman–Crippen MR) is 101 cm³/mol. The minimum atomic E-state index is -0.138. The lowest BCUT2D eigenvalue weighted by Crippen LogP contribution is -2.50. The summed E-state index contributed by atoms with van der Waals surface area (Å²) in [6, 6.07) is 7.37. The zero-order valence-corrected chi connectivity index (χ0v) is 15.4. The van der Waals surface area contributed by atoms with Gasteiger partial charge in [-0.25, -0.2) is 0 Å².